The average Bonchev–Trinajstić information content (AvgIpc) is 3.82. The zero-order valence-corrected chi connectivity index (χ0v) is 38.0. The van der Waals surface area contributed by atoms with E-state index in [4.69, 9.17) is 9.72 Å². The van der Waals surface area contributed by atoms with Crippen LogP contribution in [0.25, 0.3) is 49.9 Å². The van der Waals surface area contributed by atoms with Crippen LogP contribution in [0, 0.1) is 18.8 Å². The van der Waals surface area contributed by atoms with Gasteiger partial charge in [0.2, 0.25) is 0 Å². The minimum atomic E-state index is -0.0202. The van der Waals surface area contributed by atoms with E-state index < -0.39 is 0 Å². The van der Waals surface area contributed by atoms with Crippen LogP contribution in [-0.4, -0.2) is 9.55 Å². The quantitative estimate of drug-likeness (QED) is 0.149. The molecule has 6 heteroatoms. The Morgan fingerprint density at radius 1 is 0.516 bits per heavy atom. The third kappa shape index (κ3) is 7.71. The van der Waals surface area contributed by atoms with Crippen LogP contribution in [0.1, 0.15) is 52.7 Å². The van der Waals surface area contributed by atoms with Gasteiger partial charge in [-0.25, -0.2) is 4.98 Å². The van der Waals surface area contributed by atoms with E-state index in [1.807, 2.05) is 24.4 Å². The van der Waals surface area contributed by atoms with Gasteiger partial charge in [-0.3, -0.25) is 0 Å². The van der Waals surface area contributed by atoms with Crippen molar-refractivity contribution in [3.05, 3.63) is 200 Å². The van der Waals surface area contributed by atoms with Crippen molar-refractivity contribution in [3.63, 3.8) is 0 Å². The van der Waals surface area contributed by atoms with Gasteiger partial charge in [0.1, 0.15) is 5.82 Å². The second-order valence-corrected chi connectivity index (χ2v) is 17.9. The van der Waals surface area contributed by atoms with Crippen LogP contribution >= 0.6 is 0 Å². The molecule has 0 N–H and O–H groups in total. The molecule has 3 heterocycles. The van der Waals surface area contributed by atoms with Gasteiger partial charge in [-0.15, -0.1) is 48.1 Å². The summed E-state index contributed by atoms with van der Waals surface area (Å²) in [4.78, 5) is 9.31. The van der Waals surface area contributed by atoms with Crippen molar-refractivity contribution in [2.24, 2.45) is 0 Å². The summed E-state index contributed by atoms with van der Waals surface area (Å²) in [6, 6.07) is 65.1. The first-order valence-corrected chi connectivity index (χ1v) is 20.9. The summed E-state index contributed by atoms with van der Waals surface area (Å²) in [5.74, 6) is 2.05. The molecule has 62 heavy (non-hydrogen) atoms. The Bertz CT molecular complexity index is 3070. The number of anilines is 4. The van der Waals surface area contributed by atoms with Crippen LogP contribution in [-0.2, 0) is 31.9 Å². The fourth-order valence-electron chi connectivity index (χ4n) is 8.32. The van der Waals surface area contributed by atoms with Crippen LogP contribution in [0.2, 0.25) is 0 Å². The molecular formula is C56H47N4OPt-3. The normalized spacial score (nSPS) is 12.7. The smallest absolute Gasteiger partial charge is 0.135 e. The van der Waals surface area contributed by atoms with Gasteiger partial charge < -0.3 is 19.1 Å². The molecule has 0 spiro atoms. The summed E-state index contributed by atoms with van der Waals surface area (Å²) >= 11 is 0. The summed E-state index contributed by atoms with van der Waals surface area (Å²) in [5.41, 5.74) is 13.3. The van der Waals surface area contributed by atoms with Gasteiger partial charge in [-0.1, -0.05) is 132 Å². The molecule has 2 aromatic heterocycles. The van der Waals surface area contributed by atoms with Gasteiger partial charge in [-0.2, -0.15) is 12.1 Å². The Kier molecular flexibility index (Phi) is 10.7. The Morgan fingerprint density at radius 3 is 1.89 bits per heavy atom. The topological polar surface area (TPSA) is 33.5 Å². The molecule has 5 nitrogen and oxygen atoms in total. The van der Waals surface area contributed by atoms with Gasteiger partial charge >= 0.3 is 0 Å². The average molecular weight is 987 g/mol. The first kappa shape index (κ1) is 41.0. The van der Waals surface area contributed by atoms with Gasteiger partial charge in [0.25, 0.3) is 0 Å². The monoisotopic (exact) mass is 986 g/mol. The van der Waals surface area contributed by atoms with Crippen LogP contribution in [0.3, 0.4) is 0 Å². The zero-order valence-electron chi connectivity index (χ0n) is 35.8. The summed E-state index contributed by atoms with van der Waals surface area (Å²) < 4.78 is 8.80. The van der Waals surface area contributed by atoms with Gasteiger partial charge in [0.05, 0.1) is 0 Å². The van der Waals surface area contributed by atoms with Gasteiger partial charge in [0, 0.05) is 61.3 Å². The molecule has 0 saturated carbocycles. The van der Waals surface area contributed by atoms with E-state index in [0.29, 0.717) is 11.5 Å². The molecular weight excluding hydrogens is 940 g/mol. The Balaban J connectivity index is 0.00000490. The number of rotatable bonds is 7. The molecule has 0 bridgehead atoms. The number of para-hydroxylation sites is 3. The predicted octanol–water partition coefficient (Wildman–Crippen LogP) is 14.9. The molecule has 9 aromatic rings. The number of hydrogen-bond acceptors (Lipinski definition) is 4. The maximum atomic E-state index is 6.61. The minimum Gasteiger partial charge on any atom is -0.509 e. The number of hydrogen-bond donors (Lipinski definition) is 0. The maximum absolute atomic E-state index is 6.61. The summed E-state index contributed by atoms with van der Waals surface area (Å²) in [6.07, 6.45) is 1.90. The van der Waals surface area contributed by atoms with Crippen molar-refractivity contribution in [2.45, 2.75) is 52.4 Å². The fourth-order valence-corrected chi connectivity index (χ4v) is 8.32. The zero-order chi connectivity index (χ0) is 41.9. The third-order valence-corrected chi connectivity index (χ3v) is 11.6. The van der Waals surface area contributed by atoms with Crippen molar-refractivity contribution >= 4 is 44.6 Å². The van der Waals surface area contributed by atoms with Crippen LogP contribution < -0.4 is 14.5 Å². The predicted molar refractivity (Wildman–Crippen MR) is 252 cm³/mol. The Labute approximate surface area is 379 Å². The molecule has 0 aliphatic carbocycles. The van der Waals surface area contributed by atoms with Gasteiger partial charge in [-0.05, 0) is 98.1 Å². The Hall–Kier alpha value is -6.42. The second-order valence-electron chi connectivity index (χ2n) is 17.9. The van der Waals surface area contributed by atoms with E-state index in [9.17, 15) is 0 Å². The molecule has 1 aliphatic heterocycles. The molecule has 0 saturated heterocycles. The van der Waals surface area contributed by atoms with Crippen LogP contribution in [0.15, 0.2) is 170 Å². The van der Waals surface area contributed by atoms with Crippen molar-refractivity contribution < 1.29 is 25.8 Å². The number of pyridine rings is 1. The van der Waals surface area contributed by atoms with E-state index in [2.05, 4.69) is 220 Å². The summed E-state index contributed by atoms with van der Waals surface area (Å²) in [7, 11) is 0. The largest absolute Gasteiger partial charge is 0.509 e. The number of aromatic nitrogens is 2. The molecule has 0 amide bonds. The molecule has 0 radical (unpaired) electrons. The summed E-state index contributed by atoms with van der Waals surface area (Å²) in [6.45, 7) is 15.6. The van der Waals surface area contributed by atoms with Crippen molar-refractivity contribution in [2.75, 3.05) is 9.80 Å². The van der Waals surface area contributed by atoms with Crippen LogP contribution in [0.5, 0.6) is 11.5 Å². The maximum Gasteiger partial charge on any atom is 0.135 e. The van der Waals surface area contributed by atoms with E-state index in [1.54, 1.807) is 0 Å². The van der Waals surface area contributed by atoms with Gasteiger partial charge in [0.15, 0.2) is 0 Å². The number of benzene rings is 7. The van der Waals surface area contributed by atoms with Crippen LogP contribution in [0.4, 0.5) is 22.7 Å². The SMILES string of the molecule is CC(C)(C)c1ccc(-c2cc(-c3ccccc3)cc(N3[CH-]N(c4[c-]c(Oc5[c-]c6c(cc5)c5ccccc5n6-c5cc(C(C)(C)C)ccn5)ccc4)c4ccccc43)c2)cc1.[Pt]. The number of ether oxygens (including phenoxy) is 1. The molecule has 0 unspecified atom stereocenters. The first-order chi connectivity index (χ1) is 29.5. The molecule has 7 aromatic carbocycles. The molecule has 0 atom stereocenters. The van der Waals surface area contributed by atoms with E-state index in [0.717, 1.165) is 61.5 Å². The van der Waals surface area contributed by atoms with Crippen molar-refractivity contribution in [3.8, 4) is 39.6 Å². The first-order valence-electron chi connectivity index (χ1n) is 20.9. The van der Waals surface area contributed by atoms with E-state index in [-0.39, 0.29) is 31.9 Å². The standard InChI is InChI=1S/C56H47N4O.Pt/c1-55(2,3)42-25-23-39(24-26-42)41-31-40(38-15-8-7-9-16-38)32-45(33-41)59-37-58(51-21-12-13-22-52(51)59)44-17-14-18-46(35-44)61-47-27-28-49-48-19-10-11-20-50(48)60(53(49)36-47)54-34-43(29-30-57-54)56(4,5)6;/h7-34,37H,1-6H3;/q-3;. The second kappa shape index (κ2) is 16.1. The molecule has 10 rings (SSSR count). The summed E-state index contributed by atoms with van der Waals surface area (Å²) in [5, 5.41) is 2.23. The van der Waals surface area contributed by atoms with E-state index >= 15 is 0 Å². The van der Waals surface area contributed by atoms with E-state index in [1.165, 1.54) is 22.3 Å². The number of fused-ring (bicyclic) bond motifs is 4. The molecule has 0 fully saturated rings. The fraction of sp³-hybridized carbons (Fsp3) is 0.143. The minimum absolute atomic E-state index is 0. The van der Waals surface area contributed by atoms with Crippen molar-refractivity contribution in [1.82, 2.24) is 9.55 Å². The molecule has 1 aliphatic rings. The van der Waals surface area contributed by atoms with Crippen molar-refractivity contribution in [1.29, 1.82) is 0 Å². The third-order valence-electron chi connectivity index (χ3n) is 11.6. The number of nitrogens with zero attached hydrogens (tertiary/aromatic N) is 4. The Morgan fingerprint density at radius 2 is 1.16 bits per heavy atom. The molecule has 310 valence electrons.